The van der Waals surface area contributed by atoms with Gasteiger partial charge in [-0.25, -0.2) is 0 Å². The fourth-order valence-corrected chi connectivity index (χ4v) is 9.23. The van der Waals surface area contributed by atoms with Gasteiger partial charge in [-0.1, -0.05) is 60.7 Å². The summed E-state index contributed by atoms with van der Waals surface area (Å²) in [5.74, 6) is 1.67. The lowest BCUT2D eigenvalue weighted by Crippen LogP contribution is -1.85. The smallest absolute Gasteiger partial charge is 0.118 e. The van der Waals surface area contributed by atoms with Gasteiger partial charge in [0.05, 0.1) is 45.2 Å². The first-order valence-corrected chi connectivity index (χ1v) is 16.2. The number of hydrogen-bond donors (Lipinski definition) is 0. The van der Waals surface area contributed by atoms with Crippen LogP contribution < -0.4 is 9.47 Å². The van der Waals surface area contributed by atoms with Gasteiger partial charge in [-0.3, -0.25) is 0 Å². The van der Waals surface area contributed by atoms with Crippen LogP contribution in [-0.2, 0) is 0 Å². The molecule has 0 N–H and O–H groups in total. The highest BCUT2D eigenvalue weighted by molar-refractivity contribution is 8.76. The zero-order chi connectivity index (χ0) is 27.3. The molecule has 4 aromatic carbocycles. The molecule has 0 fully saturated rings. The first-order chi connectivity index (χ1) is 19.7. The second kappa shape index (κ2) is 12.3. The largest absolute Gasteiger partial charge is 0.497 e. The number of benzene rings is 4. The third-order valence-corrected chi connectivity index (χ3v) is 10.8. The minimum atomic E-state index is 0.834. The zero-order valence-corrected chi connectivity index (χ0v) is 25.0. The summed E-state index contributed by atoms with van der Waals surface area (Å²) in [7, 11) is 6.85. The molecule has 0 saturated heterocycles. The van der Waals surface area contributed by atoms with E-state index in [2.05, 4.69) is 72.8 Å². The van der Waals surface area contributed by atoms with E-state index < -0.39 is 0 Å². The van der Waals surface area contributed by atoms with Crippen molar-refractivity contribution in [2.75, 3.05) is 14.2 Å². The molecular formula is C32H24N2O2S4. The standard InChI is InChI=1S/C32H24N2O2S4/c1-35-25-17-13-23(14-18-25)29-31(27(33-37-29)21-9-5-3-6-10-21)39-40-32-28(22-11-7-4-8-12-22)34-38-30(32)24-15-19-26(36-2)20-16-24/h3-20H,1-2H3. The highest BCUT2D eigenvalue weighted by atomic mass is 33.1. The number of methoxy groups -OCH3 is 2. The molecule has 0 aliphatic rings. The minimum Gasteiger partial charge on any atom is -0.497 e. The third kappa shape index (κ3) is 5.53. The molecule has 6 rings (SSSR count). The molecule has 0 radical (unpaired) electrons. The summed E-state index contributed by atoms with van der Waals surface area (Å²) in [5.41, 5.74) is 6.41. The first-order valence-electron chi connectivity index (χ1n) is 12.5. The van der Waals surface area contributed by atoms with Crippen molar-refractivity contribution in [2.45, 2.75) is 9.79 Å². The monoisotopic (exact) mass is 596 g/mol. The Morgan fingerprint density at radius 1 is 0.475 bits per heavy atom. The molecule has 2 heterocycles. The van der Waals surface area contributed by atoms with Gasteiger partial charge in [0.2, 0.25) is 0 Å². The van der Waals surface area contributed by atoms with Crippen LogP contribution in [0.3, 0.4) is 0 Å². The van der Waals surface area contributed by atoms with Crippen LogP contribution in [0.25, 0.3) is 43.4 Å². The lowest BCUT2D eigenvalue weighted by Gasteiger charge is -2.09. The molecule has 0 spiro atoms. The molecule has 4 nitrogen and oxygen atoms in total. The number of aromatic nitrogens is 2. The van der Waals surface area contributed by atoms with Crippen molar-refractivity contribution >= 4 is 44.7 Å². The molecule has 198 valence electrons. The number of ether oxygens (including phenoxy) is 2. The van der Waals surface area contributed by atoms with Crippen molar-refractivity contribution in [3.05, 3.63) is 109 Å². The highest BCUT2D eigenvalue weighted by Gasteiger charge is 2.23. The van der Waals surface area contributed by atoms with Crippen LogP contribution in [0.15, 0.2) is 119 Å². The van der Waals surface area contributed by atoms with E-state index in [0.717, 1.165) is 64.7 Å². The Balaban J connectivity index is 1.43. The molecule has 40 heavy (non-hydrogen) atoms. The van der Waals surface area contributed by atoms with E-state index in [1.165, 1.54) is 23.1 Å². The topological polar surface area (TPSA) is 44.2 Å². The maximum Gasteiger partial charge on any atom is 0.118 e. The molecule has 0 amide bonds. The number of nitrogens with zero attached hydrogens (tertiary/aromatic N) is 2. The van der Waals surface area contributed by atoms with E-state index in [-0.39, 0.29) is 0 Å². The van der Waals surface area contributed by atoms with E-state index >= 15 is 0 Å². The number of rotatable bonds is 9. The van der Waals surface area contributed by atoms with Gasteiger partial charge in [-0.15, -0.1) is 0 Å². The van der Waals surface area contributed by atoms with Crippen LogP contribution in [0.4, 0.5) is 0 Å². The Morgan fingerprint density at radius 3 is 1.20 bits per heavy atom. The quantitative estimate of drug-likeness (QED) is 0.155. The van der Waals surface area contributed by atoms with Crippen molar-refractivity contribution in [1.29, 1.82) is 0 Å². The van der Waals surface area contributed by atoms with Crippen molar-refractivity contribution in [2.24, 2.45) is 0 Å². The SMILES string of the molecule is COc1ccc(-c2snc(-c3ccccc3)c2SSc2c(-c3ccccc3)nsc2-c2ccc(OC)cc2)cc1. The predicted octanol–water partition coefficient (Wildman–Crippen LogP) is 10.1. The molecule has 0 saturated carbocycles. The van der Waals surface area contributed by atoms with Gasteiger partial charge in [0.25, 0.3) is 0 Å². The summed E-state index contributed by atoms with van der Waals surface area (Å²) in [6.45, 7) is 0. The average Bonchev–Trinajstić information content (AvgIpc) is 3.65. The van der Waals surface area contributed by atoms with Gasteiger partial charge in [-0.2, -0.15) is 8.75 Å². The normalized spacial score (nSPS) is 10.9. The number of hydrogen-bond acceptors (Lipinski definition) is 8. The second-order valence-corrected chi connectivity index (χ2v) is 12.4. The van der Waals surface area contributed by atoms with E-state index in [0.29, 0.717) is 0 Å². The highest BCUT2D eigenvalue weighted by Crippen LogP contribution is 2.53. The molecule has 8 heteroatoms. The van der Waals surface area contributed by atoms with Gasteiger partial charge < -0.3 is 9.47 Å². The van der Waals surface area contributed by atoms with Crippen molar-refractivity contribution < 1.29 is 9.47 Å². The summed E-state index contributed by atoms with van der Waals surface area (Å²) in [4.78, 5) is 4.54. The average molecular weight is 597 g/mol. The van der Waals surface area contributed by atoms with Crippen molar-refractivity contribution in [1.82, 2.24) is 8.75 Å². The molecule has 6 aromatic rings. The molecule has 0 unspecified atom stereocenters. The van der Waals surface area contributed by atoms with Gasteiger partial charge in [0.15, 0.2) is 0 Å². The maximum atomic E-state index is 5.40. The Kier molecular flexibility index (Phi) is 8.20. The van der Waals surface area contributed by atoms with E-state index in [9.17, 15) is 0 Å². The summed E-state index contributed by atoms with van der Waals surface area (Å²) in [5, 5.41) is 0. The van der Waals surface area contributed by atoms with Crippen LogP contribution in [0.1, 0.15) is 0 Å². The molecule has 2 aromatic heterocycles. The molecular weight excluding hydrogens is 573 g/mol. The van der Waals surface area contributed by atoms with E-state index in [4.69, 9.17) is 18.2 Å². The summed E-state index contributed by atoms with van der Waals surface area (Å²) >= 11 is 3.06. The van der Waals surface area contributed by atoms with Crippen LogP contribution in [0.2, 0.25) is 0 Å². The molecule has 0 aliphatic carbocycles. The van der Waals surface area contributed by atoms with Crippen LogP contribution >= 0.6 is 44.7 Å². The van der Waals surface area contributed by atoms with Gasteiger partial charge in [-0.05, 0) is 104 Å². The van der Waals surface area contributed by atoms with Gasteiger partial charge in [0, 0.05) is 11.1 Å². The van der Waals surface area contributed by atoms with Crippen LogP contribution in [0, 0.1) is 0 Å². The Morgan fingerprint density at radius 2 is 0.850 bits per heavy atom. The molecule has 0 atom stereocenters. The molecule has 0 bridgehead atoms. The predicted molar refractivity (Wildman–Crippen MR) is 171 cm³/mol. The Bertz CT molecular complexity index is 1570. The van der Waals surface area contributed by atoms with Crippen LogP contribution in [0.5, 0.6) is 11.5 Å². The second-order valence-electron chi connectivity index (χ2n) is 8.73. The summed E-state index contributed by atoms with van der Waals surface area (Å²) < 4.78 is 20.7. The molecule has 0 aliphatic heterocycles. The fraction of sp³-hybridized carbons (Fsp3) is 0.0625. The Labute approximate surface area is 249 Å². The van der Waals surface area contributed by atoms with E-state index in [1.807, 2.05) is 36.4 Å². The Hall–Kier alpha value is -3.56. The lowest BCUT2D eigenvalue weighted by molar-refractivity contribution is 0.415. The first kappa shape index (κ1) is 26.7. The lowest BCUT2D eigenvalue weighted by atomic mass is 10.1. The van der Waals surface area contributed by atoms with Crippen LogP contribution in [-0.4, -0.2) is 23.0 Å². The summed E-state index contributed by atoms with van der Waals surface area (Å²) in [6.07, 6.45) is 0. The third-order valence-electron chi connectivity index (χ3n) is 6.31. The maximum absolute atomic E-state index is 5.40. The van der Waals surface area contributed by atoms with E-state index in [1.54, 1.807) is 35.8 Å². The van der Waals surface area contributed by atoms with Crippen molar-refractivity contribution in [3.8, 4) is 54.9 Å². The van der Waals surface area contributed by atoms with Gasteiger partial charge >= 0.3 is 0 Å². The minimum absolute atomic E-state index is 0.834. The zero-order valence-electron chi connectivity index (χ0n) is 21.7. The van der Waals surface area contributed by atoms with Gasteiger partial charge in [0.1, 0.15) is 11.5 Å². The van der Waals surface area contributed by atoms with Crippen molar-refractivity contribution in [3.63, 3.8) is 0 Å². The fourth-order valence-electron chi connectivity index (χ4n) is 4.21. The summed E-state index contributed by atoms with van der Waals surface area (Å²) in [6, 6.07) is 37.1.